The number of aromatic nitrogens is 1. The lowest BCUT2D eigenvalue weighted by atomic mass is 9.97. The van der Waals surface area contributed by atoms with Crippen LogP contribution in [-0.2, 0) is 32.2 Å². The van der Waals surface area contributed by atoms with Gasteiger partial charge < -0.3 is 25.0 Å². The number of carboxylic acid groups (broad SMARTS) is 1. The van der Waals surface area contributed by atoms with Crippen molar-refractivity contribution in [2.24, 2.45) is 0 Å². The van der Waals surface area contributed by atoms with Crippen molar-refractivity contribution in [1.29, 1.82) is 0 Å². The summed E-state index contributed by atoms with van der Waals surface area (Å²) in [5, 5.41) is 31.2. The second-order valence-electron chi connectivity index (χ2n) is 12.3. The lowest BCUT2D eigenvalue weighted by Gasteiger charge is -2.36. The number of hydrogen-bond acceptors (Lipinski definition) is 9. The number of aliphatic hydroxyl groups excluding tert-OH is 1. The maximum absolute atomic E-state index is 12.6. The number of aliphatic hydroxyl groups is 1. The molecule has 268 valence electrons. The predicted octanol–water partition coefficient (Wildman–Crippen LogP) is 6.74. The van der Waals surface area contributed by atoms with Crippen LogP contribution in [0.4, 0.5) is 0 Å². The molecule has 1 fully saturated rings. The fourth-order valence-corrected chi connectivity index (χ4v) is 6.91. The van der Waals surface area contributed by atoms with Gasteiger partial charge in [-0.25, -0.2) is 15.3 Å². The highest BCUT2D eigenvalue weighted by Gasteiger charge is 2.32. The van der Waals surface area contributed by atoms with E-state index in [1.165, 1.54) is 11.8 Å². The first-order chi connectivity index (χ1) is 24.8. The summed E-state index contributed by atoms with van der Waals surface area (Å²) < 4.78 is 13.0. The van der Waals surface area contributed by atoms with E-state index in [0.29, 0.717) is 36.6 Å². The van der Waals surface area contributed by atoms with E-state index >= 15 is 0 Å². The maximum atomic E-state index is 12.6. The smallest absolute Gasteiger partial charge is 0.338 e. The first-order valence-electron chi connectivity index (χ1n) is 17.0. The standard InChI is InChI=1S/C39H43N3O8S/c43-24-26-13-15-28(16-14-26)34-22-31(25-51-37-33(38(46)47)10-7-21-40-37)49-39(50-34)29-19-17-27(18-20-29)32-9-6-5-8-30(32)23-41-35(44)11-3-1-2-4-12-36(45)42-48/h5-10,13-21,31,34,39,43,48H,1-4,11-12,22-25H2,(H,41,44)(H,42,45)(H,46,47)/t31-,34+,39+/m0/s1. The zero-order valence-electron chi connectivity index (χ0n) is 28.2. The van der Waals surface area contributed by atoms with E-state index < -0.39 is 18.2 Å². The normalized spacial score (nSPS) is 17.1. The van der Waals surface area contributed by atoms with Gasteiger partial charge >= 0.3 is 5.97 Å². The minimum absolute atomic E-state index is 0.0321. The Labute approximate surface area is 301 Å². The van der Waals surface area contributed by atoms with Crippen molar-refractivity contribution in [2.45, 2.75) is 81.6 Å². The van der Waals surface area contributed by atoms with E-state index in [1.54, 1.807) is 23.8 Å². The van der Waals surface area contributed by atoms with Gasteiger partial charge in [-0.05, 0) is 52.8 Å². The Bertz CT molecular complexity index is 1750. The zero-order chi connectivity index (χ0) is 36.0. The summed E-state index contributed by atoms with van der Waals surface area (Å²) in [5.74, 6) is -0.984. The molecule has 1 aromatic heterocycles. The number of carbonyl (C=O) groups excluding carboxylic acids is 2. The largest absolute Gasteiger partial charge is 0.478 e. The van der Waals surface area contributed by atoms with Crippen LogP contribution in [0.25, 0.3) is 11.1 Å². The molecule has 11 nitrogen and oxygen atoms in total. The van der Waals surface area contributed by atoms with E-state index in [1.807, 2.05) is 72.8 Å². The number of thioether (sulfide) groups is 1. The Balaban J connectivity index is 1.24. The fourth-order valence-electron chi connectivity index (χ4n) is 5.90. The Morgan fingerprint density at radius 1 is 0.824 bits per heavy atom. The monoisotopic (exact) mass is 713 g/mol. The lowest BCUT2D eigenvalue weighted by molar-refractivity contribution is -0.245. The van der Waals surface area contributed by atoms with E-state index in [9.17, 15) is 24.6 Å². The van der Waals surface area contributed by atoms with Gasteiger partial charge in [0.2, 0.25) is 11.8 Å². The van der Waals surface area contributed by atoms with E-state index in [0.717, 1.165) is 52.6 Å². The Morgan fingerprint density at radius 3 is 2.24 bits per heavy atom. The van der Waals surface area contributed by atoms with Gasteiger partial charge in [-0.1, -0.05) is 85.6 Å². The molecule has 5 rings (SSSR count). The molecule has 1 aliphatic rings. The Kier molecular flexibility index (Phi) is 14.1. The van der Waals surface area contributed by atoms with Gasteiger partial charge in [0, 0.05) is 43.3 Å². The zero-order valence-corrected chi connectivity index (χ0v) is 29.0. The van der Waals surface area contributed by atoms with Crippen LogP contribution in [0.15, 0.2) is 96.2 Å². The van der Waals surface area contributed by atoms with Crippen LogP contribution >= 0.6 is 11.8 Å². The molecule has 1 aliphatic heterocycles. The average Bonchev–Trinajstić information content (AvgIpc) is 3.17. The summed E-state index contributed by atoms with van der Waals surface area (Å²) >= 11 is 1.34. The van der Waals surface area contributed by atoms with Gasteiger partial charge in [0.25, 0.3) is 0 Å². The minimum Gasteiger partial charge on any atom is -0.478 e. The second kappa shape index (κ2) is 19.1. The maximum Gasteiger partial charge on any atom is 0.338 e. The number of pyridine rings is 1. The summed E-state index contributed by atoms with van der Waals surface area (Å²) in [6.45, 7) is 0.337. The van der Waals surface area contributed by atoms with E-state index in [-0.39, 0.29) is 36.7 Å². The van der Waals surface area contributed by atoms with Crippen LogP contribution in [-0.4, -0.2) is 50.0 Å². The summed E-state index contributed by atoms with van der Waals surface area (Å²) in [6.07, 6.45) is 4.60. The van der Waals surface area contributed by atoms with Crippen molar-refractivity contribution >= 4 is 29.5 Å². The highest BCUT2D eigenvalue weighted by Crippen LogP contribution is 2.40. The van der Waals surface area contributed by atoms with Crippen LogP contribution in [0.3, 0.4) is 0 Å². The van der Waals surface area contributed by atoms with Gasteiger partial charge in [0.1, 0.15) is 5.03 Å². The highest BCUT2D eigenvalue weighted by atomic mass is 32.2. The van der Waals surface area contributed by atoms with Crippen LogP contribution in [0.5, 0.6) is 0 Å². The molecule has 3 aromatic carbocycles. The Morgan fingerprint density at radius 2 is 1.53 bits per heavy atom. The number of hydroxylamine groups is 1. The van der Waals surface area contributed by atoms with Gasteiger partial charge in [-0.2, -0.15) is 0 Å². The molecule has 0 unspecified atom stereocenters. The number of amides is 2. The topological polar surface area (TPSA) is 167 Å². The predicted molar refractivity (Wildman–Crippen MR) is 192 cm³/mol. The van der Waals surface area contributed by atoms with E-state index in [2.05, 4.69) is 10.3 Å². The number of ether oxygens (including phenoxy) is 2. The van der Waals surface area contributed by atoms with Gasteiger partial charge in [-0.15, -0.1) is 11.8 Å². The number of unbranched alkanes of at least 4 members (excludes halogenated alkanes) is 3. The molecule has 0 spiro atoms. The third-order valence-corrected chi connectivity index (χ3v) is 9.83. The molecule has 1 saturated heterocycles. The van der Waals surface area contributed by atoms with Gasteiger partial charge in [0.15, 0.2) is 6.29 Å². The molecule has 4 aromatic rings. The molecular weight excluding hydrogens is 671 g/mol. The first kappa shape index (κ1) is 37.7. The third kappa shape index (κ3) is 10.9. The van der Waals surface area contributed by atoms with Crippen molar-refractivity contribution in [3.63, 3.8) is 0 Å². The fraction of sp³-hybridized carbons (Fsp3) is 0.333. The number of carbonyl (C=O) groups is 3. The number of hydrogen-bond donors (Lipinski definition) is 5. The van der Waals surface area contributed by atoms with Crippen molar-refractivity contribution in [3.05, 3.63) is 119 Å². The SMILES string of the molecule is O=C(CCCCCCC(=O)NCc1ccccc1-c1ccc([C@@H]2O[C@H](CSc3ncccc3C(=O)O)C[C@H](c3ccc(CO)cc3)O2)cc1)NO. The number of carboxylic acids is 1. The number of nitrogens with zero attached hydrogens (tertiary/aromatic N) is 1. The molecule has 0 saturated carbocycles. The molecule has 2 amide bonds. The first-order valence-corrected chi connectivity index (χ1v) is 18.0. The molecule has 5 N–H and O–H groups in total. The Hall–Kier alpha value is -4.59. The number of rotatable bonds is 17. The molecule has 51 heavy (non-hydrogen) atoms. The average molecular weight is 714 g/mol. The number of benzene rings is 3. The number of nitrogens with one attached hydrogen (secondary N) is 2. The highest BCUT2D eigenvalue weighted by molar-refractivity contribution is 7.99. The molecule has 0 aliphatic carbocycles. The van der Waals surface area contributed by atoms with Crippen LogP contribution in [0, 0.1) is 0 Å². The lowest BCUT2D eigenvalue weighted by Crippen LogP contribution is -2.31. The van der Waals surface area contributed by atoms with Crippen LogP contribution in [0.2, 0.25) is 0 Å². The molecule has 0 bridgehead atoms. The van der Waals surface area contributed by atoms with Crippen molar-refractivity contribution in [1.82, 2.24) is 15.8 Å². The molecule has 0 radical (unpaired) electrons. The molecule has 3 atom stereocenters. The summed E-state index contributed by atoms with van der Waals surface area (Å²) in [5.41, 5.74) is 7.33. The summed E-state index contributed by atoms with van der Waals surface area (Å²) in [7, 11) is 0. The van der Waals surface area contributed by atoms with Gasteiger partial charge in [0.05, 0.1) is 24.4 Å². The van der Waals surface area contributed by atoms with E-state index in [4.69, 9.17) is 14.7 Å². The summed E-state index contributed by atoms with van der Waals surface area (Å²) in [6, 6.07) is 26.7. The number of aromatic carboxylic acids is 1. The molecule has 12 heteroatoms. The van der Waals surface area contributed by atoms with Crippen LogP contribution in [0.1, 0.15) is 90.0 Å². The van der Waals surface area contributed by atoms with Crippen molar-refractivity contribution < 1.29 is 39.3 Å². The van der Waals surface area contributed by atoms with Crippen LogP contribution < -0.4 is 10.8 Å². The second-order valence-corrected chi connectivity index (χ2v) is 13.3. The van der Waals surface area contributed by atoms with Crippen molar-refractivity contribution in [2.75, 3.05) is 5.75 Å². The summed E-state index contributed by atoms with van der Waals surface area (Å²) in [4.78, 5) is 39.7. The molecule has 2 heterocycles. The third-order valence-electron chi connectivity index (χ3n) is 8.69. The molecular formula is C39H43N3O8S. The minimum atomic E-state index is -1.03. The quantitative estimate of drug-likeness (QED) is 0.0342. The van der Waals surface area contributed by atoms with Crippen molar-refractivity contribution in [3.8, 4) is 11.1 Å². The van der Waals surface area contributed by atoms with Gasteiger partial charge in [-0.3, -0.25) is 14.8 Å².